The van der Waals surface area contributed by atoms with Crippen molar-refractivity contribution in [2.45, 2.75) is 31.5 Å². The smallest absolute Gasteiger partial charge is 0.0675 e. The number of allylic oxidation sites excluding steroid dienone is 2. The Morgan fingerprint density at radius 2 is 0.850 bits per heavy atom. The number of benzene rings is 5. The second-order valence-corrected chi connectivity index (χ2v) is 15.9. The van der Waals surface area contributed by atoms with Crippen LogP contribution in [0, 0.1) is 0 Å². The van der Waals surface area contributed by atoms with Crippen LogP contribution in [0.2, 0.25) is 6.55 Å². The Kier molecular flexibility index (Phi) is 6.06. The zero-order valence-corrected chi connectivity index (χ0v) is 24.4. The average Bonchev–Trinajstić information content (AvgIpc) is 3.54. The summed E-state index contributed by atoms with van der Waals surface area (Å²) in [5, 5.41) is 1.53. The van der Waals surface area contributed by atoms with Crippen LogP contribution in [0.5, 0.6) is 0 Å². The van der Waals surface area contributed by atoms with Crippen LogP contribution in [-0.4, -0.2) is 8.07 Å². The van der Waals surface area contributed by atoms with E-state index >= 15 is 0 Å². The Balaban J connectivity index is 1.45. The molecule has 1 heteroatoms. The minimum atomic E-state index is -2.27. The first kappa shape index (κ1) is 24.8. The van der Waals surface area contributed by atoms with E-state index in [9.17, 15) is 0 Å². The van der Waals surface area contributed by atoms with Crippen LogP contribution in [0.4, 0.5) is 0 Å². The van der Waals surface area contributed by atoms with Gasteiger partial charge >= 0.3 is 0 Å². The van der Waals surface area contributed by atoms with Gasteiger partial charge in [0.25, 0.3) is 0 Å². The second-order valence-electron chi connectivity index (χ2n) is 11.6. The van der Waals surface area contributed by atoms with Crippen molar-refractivity contribution in [2.75, 3.05) is 0 Å². The average molecular weight is 531 g/mol. The van der Waals surface area contributed by atoms with E-state index in [0.29, 0.717) is 11.1 Å². The fourth-order valence-corrected chi connectivity index (χ4v) is 13.5. The molecule has 2 aliphatic carbocycles. The van der Waals surface area contributed by atoms with Crippen LogP contribution < -0.4 is 5.19 Å². The van der Waals surface area contributed by atoms with Gasteiger partial charge in [-0.3, -0.25) is 0 Å². The van der Waals surface area contributed by atoms with Crippen LogP contribution in [-0.2, 0) is 0 Å². The van der Waals surface area contributed by atoms with Crippen molar-refractivity contribution in [3.8, 4) is 22.3 Å². The van der Waals surface area contributed by atoms with E-state index < -0.39 is 8.07 Å². The molecule has 194 valence electrons. The lowest BCUT2D eigenvalue weighted by molar-refractivity contribution is 0.980. The molecule has 0 spiro atoms. The fraction of sp³-hybridized carbons (Fsp3) is 0.128. The van der Waals surface area contributed by atoms with Crippen molar-refractivity contribution in [1.29, 1.82) is 0 Å². The van der Waals surface area contributed by atoms with Gasteiger partial charge < -0.3 is 0 Å². The molecule has 0 aliphatic heterocycles. The maximum Gasteiger partial charge on any atom is 0.106 e. The van der Waals surface area contributed by atoms with Crippen molar-refractivity contribution >= 4 is 25.4 Å². The highest BCUT2D eigenvalue weighted by Crippen LogP contribution is 2.54. The lowest BCUT2D eigenvalue weighted by atomic mass is 9.97. The summed E-state index contributed by atoms with van der Waals surface area (Å²) in [5.74, 6) is 0. The topological polar surface area (TPSA) is 0 Å². The Hall–Kier alpha value is -4.20. The molecule has 0 saturated heterocycles. The van der Waals surface area contributed by atoms with E-state index in [2.05, 4.69) is 160 Å². The van der Waals surface area contributed by atoms with E-state index in [-0.39, 0.29) is 0 Å². The van der Waals surface area contributed by atoms with Crippen molar-refractivity contribution < 1.29 is 0 Å². The van der Waals surface area contributed by atoms with Gasteiger partial charge in [0, 0.05) is 11.1 Å². The summed E-state index contributed by atoms with van der Waals surface area (Å²) in [5.41, 5.74) is 14.9. The van der Waals surface area contributed by atoms with Gasteiger partial charge in [-0.1, -0.05) is 162 Å². The highest BCUT2D eigenvalue weighted by molar-refractivity contribution is 6.94. The predicted octanol–water partition coefficient (Wildman–Crippen LogP) is 9.79. The lowest BCUT2D eigenvalue weighted by Crippen LogP contribution is -2.55. The van der Waals surface area contributed by atoms with Gasteiger partial charge in [-0.2, -0.15) is 0 Å². The predicted molar refractivity (Wildman–Crippen MR) is 174 cm³/mol. The SMILES string of the molecule is CC1=Cc2c(-c3ccccc3)cccc2C1[Si](C)(c1ccccc1)C1C(C)=Cc2c(-c3ccccc3)cccc21. The molecule has 0 aromatic heterocycles. The summed E-state index contributed by atoms with van der Waals surface area (Å²) in [6, 6.07) is 47.2. The van der Waals surface area contributed by atoms with E-state index in [1.165, 1.54) is 60.8 Å². The molecule has 0 fully saturated rings. The quantitative estimate of drug-likeness (QED) is 0.198. The van der Waals surface area contributed by atoms with Gasteiger partial charge in [0.05, 0.1) is 0 Å². The number of hydrogen-bond donors (Lipinski definition) is 0. The van der Waals surface area contributed by atoms with Crippen molar-refractivity contribution in [1.82, 2.24) is 0 Å². The molecule has 40 heavy (non-hydrogen) atoms. The summed E-state index contributed by atoms with van der Waals surface area (Å²) in [7, 11) is -2.27. The van der Waals surface area contributed by atoms with E-state index in [4.69, 9.17) is 0 Å². The van der Waals surface area contributed by atoms with Crippen molar-refractivity contribution in [3.05, 3.63) is 161 Å². The van der Waals surface area contributed by atoms with Crippen molar-refractivity contribution in [2.24, 2.45) is 0 Å². The standard InChI is InChI=1S/C39H34Si/c1-27-25-36-32(29-15-7-4-8-16-29)21-13-23-34(36)38(27)40(3,31-19-11-6-12-20-31)39-28(2)26-37-33(22-14-24-35(37)39)30-17-9-5-10-18-30/h4-26,38-39H,1-3H3. The van der Waals surface area contributed by atoms with Gasteiger partial charge in [0.2, 0.25) is 0 Å². The molecule has 0 nitrogen and oxygen atoms in total. The molecule has 0 amide bonds. The lowest BCUT2D eigenvalue weighted by Gasteiger charge is -2.42. The summed E-state index contributed by atoms with van der Waals surface area (Å²) >= 11 is 0. The third kappa shape index (κ3) is 3.80. The summed E-state index contributed by atoms with van der Waals surface area (Å²) < 4.78 is 0. The second kappa shape index (κ2) is 9.77. The van der Waals surface area contributed by atoms with Crippen LogP contribution in [0.3, 0.4) is 0 Å². The van der Waals surface area contributed by atoms with Gasteiger partial charge in [0.15, 0.2) is 0 Å². The monoisotopic (exact) mass is 530 g/mol. The van der Waals surface area contributed by atoms with Crippen LogP contribution in [0.25, 0.3) is 34.4 Å². The largest absolute Gasteiger partial charge is 0.106 e. The Morgan fingerprint density at radius 3 is 1.27 bits per heavy atom. The first-order chi connectivity index (χ1) is 19.6. The molecular weight excluding hydrogens is 497 g/mol. The molecule has 0 heterocycles. The van der Waals surface area contributed by atoms with Gasteiger partial charge in [0.1, 0.15) is 8.07 Å². The Labute approximate surface area is 239 Å². The molecule has 2 aliphatic rings. The zero-order chi connectivity index (χ0) is 27.3. The highest BCUT2D eigenvalue weighted by atomic mass is 28.3. The molecule has 5 aromatic rings. The van der Waals surface area contributed by atoms with E-state index in [1.54, 1.807) is 0 Å². The zero-order valence-electron chi connectivity index (χ0n) is 23.4. The molecule has 7 rings (SSSR count). The molecule has 2 unspecified atom stereocenters. The fourth-order valence-electron chi connectivity index (χ4n) is 7.73. The summed E-state index contributed by atoms with van der Waals surface area (Å²) in [6.07, 6.45) is 4.98. The van der Waals surface area contributed by atoms with Crippen LogP contribution in [0.1, 0.15) is 47.2 Å². The van der Waals surface area contributed by atoms with Gasteiger partial charge in [-0.05, 0) is 58.4 Å². The van der Waals surface area contributed by atoms with E-state index in [0.717, 1.165) is 0 Å². The third-order valence-electron chi connectivity index (χ3n) is 9.32. The minimum absolute atomic E-state index is 0.397. The number of rotatable bonds is 5. The maximum absolute atomic E-state index is 2.65. The highest BCUT2D eigenvalue weighted by Gasteiger charge is 2.51. The first-order valence-corrected chi connectivity index (χ1v) is 17.0. The van der Waals surface area contributed by atoms with E-state index in [1.807, 2.05) is 0 Å². The molecule has 5 aromatic carbocycles. The summed E-state index contributed by atoms with van der Waals surface area (Å²) in [6.45, 7) is 7.41. The Morgan fingerprint density at radius 1 is 0.450 bits per heavy atom. The molecular formula is C39H34Si. The number of hydrogen-bond acceptors (Lipinski definition) is 0. The first-order valence-electron chi connectivity index (χ1n) is 14.4. The molecule has 0 saturated carbocycles. The van der Waals surface area contributed by atoms with Crippen LogP contribution in [0.15, 0.2) is 139 Å². The van der Waals surface area contributed by atoms with Gasteiger partial charge in [-0.15, -0.1) is 0 Å². The number of fused-ring (bicyclic) bond motifs is 2. The maximum atomic E-state index is 2.65. The molecule has 2 atom stereocenters. The Bertz CT molecular complexity index is 1650. The van der Waals surface area contributed by atoms with Crippen LogP contribution >= 0.6 is 0 Å². The minimum Gasteiger partial charge on any atom is -0.0675 e. The van der Waals surface area contributed by atoms with Gasteiger partial charge in [-0.25, -0.2) is 0 Å². The molecule has 0 radical (unpaired) electrons. The van der Waals surface area contributed by atoms with Crippen molar-refractivity contribution in [3.63, 3.8) is 0 Å². The third-order valence-corrected chi connectivity index (χ3v) is 14.8. The molecule has 0 bridgehead atoms. The summed E-state index contributed by atoms with van der Waals surface area (Å²) in [4.78, 5) is 0. The molecule has 0 N–H and O–H groups in total. The normalized spacial score (nSPS) is 18.9.